The lowest BCUT2D eigenvalue weighted by molar-refractivity contribution is 0.0966. The zero-order valence-corrected chi connectivity index (χ0v) is 13.6. The number of ketones is 1. The van der Waals surface area contributed by atoms with Gasteiger partial charge in [-0.15, -0.1) is 0 Å². The summed E-state index contributed by atoms with van der Waals surface area (Å²) >= 11 is 3.27. The van der Waals surface area contributed by atoms with Crippen molar-refractivity contribution in [2.75, 3.05) is 19.5 Å². The summed E-state index contributed by atoms with van der Waals surface area (Å²) in [5.74, 6) is -0.280. The van der Waals surface area contributed by atoms with E-state index in [4.69, 9.17) is 4.74 Å². The van der Waals surface area contributed by atoms with E-state index in [0.717, 1.165) is 6.42 Å². The molecule has 0 aromatic carbocycles. The van der Waals surface area contributed by atoms with Crippen molar-refractivity contribution in [1.82, 2.24) is 9.78 Å². The Morgan fingerprint density at radius 2 is 2.30 bits per heavy atom. The lowest BCUT2D eigenvalue weighted by atomic mass is 10.1. The van der Waals surface area contributed by atoms with Crippen molar-refractivity contribution in [3.05, 3.63) is 16.4 Å². The van der Waals surface area contributed by atoms with Crippen LogP contribution < -0.4 is 0 Å². The number of hydrogen-bond acceptors (Lipinski definition) is 5. The molecule has 0 aliphatic carbocycles. The van der Waals surface area contributed by atoms with E-state index in [-0.39, 0.29) is 11.5 Å². The molecular formula is C12H17BrN2O4S. The number of Topliss-reactive ketones (excluding diaryl/α,β-unsaturated/α-hetero) is 1. The van der Waals surface area contributed by atoms with Gasteiger partial charge in [0.05, 0.1) is 29.6 Å². The van der Waals surface area contributed by atoms with Crippen LogP contribution in [0.1, 0.15) is 29.8 Å². The molecule has 1 atom stereocenters. The number of hydrogen-bond donors (Lipinski definition) is 0. The fourth-order valence-electron chi connectivity index (χ4n) is 2.36. The van der Waals surface area contributed by atoms with Crippen molar-refractivity contribution >= 4 is 31.6 Å². The van der Waals surface area contributed by atoms with Crippen molar-refractivity contribution < 1.29 is 17.9 Å². The molecule has 1 unspecified atom stereocenters. The highest BCUT2D eigenvalue weighted by Crippen LogP contribution is 2.26. The van der Waals surface area contributed by atoms with Gasteiger partial charge < -0.3 is 4.74 Å². The molecule has 2 heterocycles. The van der Waals surface area contributed by atoms with E-state index in [1.807, 2.05) is 0 Å². The van der Waals surface area contributed by atoms with Crippen LogP contribution in [0.25, 0.3) is 0 Å². The number of carbonyl (C=O) groups is 1. The number of aromatic nitrogens is 2. The second-order valence-corrected chi connectivity index (χ2v) is 7.93. The van der Waals surface area contributed by atoms with Gasteiger partial charge in [-0.3, -0.25) is 9.48 Å². The molecule has 0 bridgehead atoms. The van der Waals surface area contributed by atoms with E-state index in [9.17, 15) is 13.2 Å². The Balaban J connectivity index is 2.31. The Kier molecular flexibility index (Phi) is 4.98. The molecule has 20 heavy (non-hydrogen) atoms. The molecule has 1 aromatic heterocycles. The maximum Gasteiger partial charge on any atom is 0.200 e. The molecule has 112 valence electrons. The summed E-state index contributed by atoms with van der Waals surface area (Å²) in [5, 5.41) is 3.15. The van der Waals surface area contributed by atoms with Gasteiger partial charge in [-0.05, 0) is 28.8 Å². The maximum absolute atomic E-state index is 12.6. The lowest BCUT2D eigenvalue weighted by Crippen LogP contribution is -2.36. The van der Waals surface area contributed by atoms with E-state index in [1.165, 1.54) is 10.9 Å². The average Bonchev–Trinajstić information content (AvgIpc) is 2.76. The Labute approximate surface area is 126 Å². The van der Waals surface area contributed by atoms with Crippen LogP contribution in [0.2, 0.25) is 0 Å². The van der Waals surface area contributed by atoms with E-state index >= 15 is 0 Å². The number of methoxy groups -OCH3 is 1. The molecule has 0 spiro atoms. The molecule has 1 saturated heterocycles. The largest absolute Gasteiger partial charge is 0.383 e. The summed E-state index contributed by atoms with van der Waals surface area (Å²) in [4.78, 5) is 12.6. The van der Waals surface area contributed by atoms with Gasteiger partial charge in [-0.1, -0.05) is 6.42 Å². The first kappa shape index (κ1) is 15.7. The molecule has 1 fully saturated rings. The number of carbonyl (C=O) groups excluding carboxylic acids is 1. The summed E-state index contributed by atoms with van der Waals surface area (Å²) in [6.07, 6.45) is 3.30. The molecule has 0 radical (unpaired) electrons. The Bertz CT molecular complexity index is 597. The first-order valence-electron chi connectivity index (χ1n) is 6.43. The fourth-order valence-corrected chi connectivity index (χ4v) is 4.70. The van der Waals surface area contributed by atoms with Crippen LogP contribution in [0.5, 0.6) is 0 Å². The highest BCUT2D eigenvalue weighted by Gasteiger charge is 2.37. The van der Waals surface area contributed by atoms with E-state index in [1.54, 1.807) is 7.11 Å². The Morgan fingerprint density at radius 1 is 1.55 bits per heavy atom. The molecular weight excluding hydrogens is 348 g/mol. The van der Waals surface area contributed by atoms with E-state index in [0.29, 0.717) is 36.2 Å². The first-order chi connectivity index (χ1) is 9.47. The smallest absolute Gasteiger partial charge is 0.200 e. The normalized spacial score (nSPS) is 21.8. The second kappa shape index (κ2) is 6.36. The van der Waals surface area contributed by atoms with Crippen LogP contribution in [-0.4, -0.2) is 48.7 Å². The predicted octanol–water partition coefficient (Wildman–Crippen LogP) is 1.44. The number of rotatable bonds is 5. The minimum atomic E-state index is -3.35. The highest BCUT2D eigenvalue weighted by atomic mass is 79.9. The number of sulfone groups is 1. The second-order valence-electron chi connectivity index (χ2n) is 4.77. The van der Waals surface area contributed by atoms with E-state index < -0.39 is 15.1 Å². The zero-order valence-electron chi connectivity index (χ0n) is 11.2. The summed E-state index contributed by atoms with van der Waals surface area (Å²) in [7, 11) is -1.78. The van der Waals surface area contributed by atoms with Gasteiger partial charge in [0.2, 0.25) is 0 Å². The molecule has 2 rings (SSSR count). The zero-order chi connectivity index (χ0) is 14.8. The number of nitrogens with zero attached hydrogens (tertiary/aromatic N) is 2. The molecule has 0 amide bonds. The fraction of sp³-hybridized carbons (Fsp3) is 0.667. The molecule has 1 aliphatic heterocycles. The topological polar surface area (TPSA) is 78.3 Å². The van der Waals surface area contributed by atoms with Crippen LogP contribution in [-0.2, 0) is 21.1 Å². The van der Waals surface area contributed by atoms with Gasteiger partial charge in [0.25, 0.3) is 0 Å². The highest BCUT2D eigenvalue weighted by molar-refractivity contribution is 9.10. The average molecular weight is 365 g/mol. The third kappa shape index (κ3) is 3.12. The molecule has 8 heteroatoms. The number of halogens is 1. The third-order valence-electron chi connectivity index (χ3n) is 3.41. The molecule has 1 aromatic rings. The van der Waals surface area contributed by atoms with Gasteiger partial charge in [-0.25, -0.2) is 8.42 Å². The molecule has 0 N–H and O–H groups in total. The monoisotopic (exact) mass is 364 g/mol. The van der Waals surface area contributed by atoms with Gasteiger partial charge in [0.1, 0.15) is 10.9 Å². The van der Waals surface area contributed by atoms with E-state index in [2.05, 4.69) is 21.0 Å². The minimum absolute atomic E-state index is 0.0905. The van der Waals surface area contributed by atoms with Gasteiger partial charge in [0.15, 0.2) is 15.6 Å². The lowest BCUT2D eigenvalue weighted by Gasteiger charge is -2.21. The number of ether oxygens (including phenoxy) is 1. The standard InChI is InChI=1S/C12H17BrN2O4S/c1-19-6-5-15-11(9(13)8-14-15)12(16)10-4-2-3-7-20(10,17)18/h8,10H,2-7H2,1H3. The predicted molar refractivity (Wildman–Crippen MR) is 77.6 cm³/mol. The molecule has 6 nitrogen and oxygen atoms in total. The first-order valence-corrected chi connectivity index (χ1v) is 8.94. The van der Waals surface area contributed by atoms with Crippen LogP contribution in [0.3, 0.4) is 0 Å². The van der Waals surface area contributed by atoms with Crippen molar-refractivity contribution in [2.45, 2.75) is 31.1 Å². The quantitative estimate of drug-likeness (QED) is 0.738. The summed E-state index contributed by atoms with van der Waals surface area (Å²) in [6, 6.07) is 0. The minimum Gasteiger partial charge on any atom is -0.383 e. The summed E-state index contributed by atoms with van der Waals surface area (Å²) in [5.41, 5.74) is 0.317. The van der Waals surface area contributed by atoms with Crippen molar-refractivity contribution in [3.8, 4) is 0 Å². The summed E-state index contributed by atoms with van der Waals surface area (Å²) in [6.45, 7) is 0.821. The summed E-state index contributed by atoms with van der Waals surface area (Å²) < 4.78 is 31.1. The van der Waals surface area contributed by atoms with Crippen molar-refractivity contribution in [2.24, 2.45) is 0 Å². The van der Waals surface area contributed by atoms with Gasteiger partial charge in [0, 0.05) is 7.11 Å². The Hall–Kier alpha value is -0.730. The van der Waals surface area contributed by atoms with Crippen LogP contribution in [0.15, 0.2) is 10.7 Å². The Morgan fingerprint density at radius 3 is 2.95 bits per heavy atom. The molecule has 0 saturated carbocycles. The molecule has 1 aliphatic rings. The maximum atomic E-state index is 12.6. The van der Waals surface area contributed by atoms with Gasteiger partial charge >= 0.3 is 0 Å². The third-order valence-corrected chi connectivity index (χ3v) is 6.16. The van der Waals surface area contributed by atoms with Gasteiger partial charge in [-0.2, -0.15) is 5.10 Å². The van der Waals surface area contributed by atoms with Crippen LogP contribution in [0.4, 0.5) is 0 Å². The van der Waals surface area contributed by atoms with Crippen LogP contribution >= 0.6 is 15.9 Å². The van der Waals surface area contributed by atoms with Crippen molar-refractivity contribution in [1.29, 1.82) is 0 Å². The SMILES string of the molecule is COCCn1ncc(Br)c1C(=O)C1CCCCS1(=O)=O. The van der Waals surface area contributed by atoms with Crippen molar-refractivity contribution in [3.63, 3.8) is 0 Å². The van der Waals surface area contributed by atoms with Crippen LogP contribution in [0, 0.1) is 0 Å².